The van der Waals surface area contributed by atoms with Crippen molar-refractivity contribution in [3.63, 3.8) is 0 Å². The molecule has 170 valence electrons. The Balaban J connectivity index is 1.61. The van der Waals surface area contributed by atoms with Crippen molar-refractivity contribution in [1.82, 2.24) is 19.7 Å². The van der Waals surface area contributed by atoms with Gasteiger partial charge < -0.3 is 13.7 Å². The summed E-state index contributed by atoms with van der Waals surface area (Å²) in [4.78, 5) is 4.29. The van der Waals surface area contributed by atoms with Crippen molar-refractivity contribution in [1.29, 1.82) is 0 Å². The summed E-state index contributed by atoms with van der Waals surface area (Å²) < 4.78 is 26.6. The van der Waals surface area contributed by atoms with Gasteiger partial charge in [-0.25, -0.2) is 9.37 Å². The SMILES string of the molecule is COc1cc(C=C(CCCCl)c2nnc(Cc3ccc(F)cc3)o2)ccc1-n1cnc(C)c1. The van der Waals surface area contributed by atoms with Crippen molar-refractivity contribution in [3.8, 4) is 11.4 Å². The van der Waals surface area contributed by atoms with E-state index in [0.29, 0.717) is 30.5 Å². The van der Waals surface area contributed by atoms with E-state index in [1.54, 1.807) is 25.6 Å². The maximum atomic E-state index is 13.2. The molecule has 0 aliphatic heterocycles. The highest BCUT2D eigenvalue weighted by molar-refractivity contribution is 6.17. The Morgan fingerprint density at radius 2 is 2.00 bits per heavy atom. The summed E-state index contributed by atoms with van der Waals surface area (Å²) in [7, 11) is 1.64. The van der Waals surface area contributed by atoms with Gasteiger partial charge in [-0.05, 0) is 61.2 Å². The zero-order valence-corrected chi connectivity index (χ0v) is 19.2. The van der Waals surface area contributed by atoms with Crippen LogP contribution in [0.25, 0.3) is 17.3 Å². The number of hydrogen-bond acceptors (Lipinski definition) is 5. The van der Waals surface area contributed by atoms with Gasteiger partial charge in [0.2, 0.25) is 11.8 Å². The third-order valence-electron chi connectivity index (χ3n) is 5.12. The second-order valence-corrected chi connectivity index (χ2v) is 8.00. The van der Waals surface area contributed by atoms with E-state index in [-0.39, 0.29) is 5.82 Å². The highest BCUT2D eigenvalue weighted by Gasteiger charge is 2.13. The minimum absolute atomic E-state index is 0.277. The number of aromatic nitrogens is 4. The van der Waals surface area contributed by atoms with Gasteiger partial charge >= 0.3 is 0 Å². The molecular weight excluding hydrogens is 443 g/mol. The molecule has 0 amide bonds. The highest BCUT2D eigenvalue weighted by Crippen LogP contribution is 2.28. The number of nitrogens with zero attached hydrogens (tertiary/aromatic N) is 4. The van der Waals surface area contributed by atoms with Crippen molar-refractivity contribution in [2.24, 2.45) is 0 Å². The first kappa shape index (κ1) is 22.7. The molecule has 4 aromatic rings. The van der Waals surface area contributed by atoms with E-state index in [4.69, 9.17) is 20.8 Å². The number of ether oxygens (including phenoxy) is 1. The maximum Gasteiger partial charge on any atom is 0.243 e. The van der Waals surface area contributed by atoms with Crippen LogP contribution in [0.1, 0.15) is 41.4 Å². The number of alkyl halides is 1. The fourth-order valence-corrected chi connectivity index (χ4v) is 3.61. The molecule has 0 N–H and O–H groups in total. The van der Waals surface area contributed by atoms with E-state index in [9.17, 15) is 4.39 Å². The van der Waals surface area contributed by atoms with Crippen LogP contribution >= 0.6 is 11.6 Å². The average molecular weight is 467 g/mol. The number of aryl methyl sites for hydroxylation is 1. The maximum absolute atomic E-state index is 13.2. The lowest BCUT2D eigenvalue weighted by atomic mass is 10.1. The quantitative estimate of drug-likeness (QED) is 0.289. The van der Waals surface area contributed by atoms with Crippen LogP contribution in [0.3, 0.4) is 0 Å². The van der Waals surface area contributed by atoms with Crippen molar-refractivity contribution in [2.75, 3.05) is 13.0 Å². The summed E-state index contributed by atoms with van der Waals surface area (Å²) in [6.45, 7) is 1.94. The van der Waals surface area contributed by atoms with Crippen molar-refractivity contribution in [2.45, 2.75) is 26.2 Å². The average Bonchev–Trinajstić information content (AvgIpc) is 3.47. The molecule has 0 fully saturated rings. The molecule has 0 saturated carbocycles. The number of imidazole rings is 1. The predicted octanol–water partition coefficient (Wildman–Crippen LogP) is 5.86. The van der Waals surface area contributed by atoms with E-state index in [1.807, 2.05) is 42.0 Å². The topological polar surface area (TPSA) is 66.0 Å². The van der Waals surface area contributed by atoms with Crippen molar-refractivity contribution in [3.05, 3.63) is 89.4 Å². The van der Waals surface area contributed by atoms with E-state index < -0.39 is 0 Å². The summed E-state index contributed by atoms with van der Waals surface area (Å²) in [6, 6.07) is 12.2. The number of allylic oxidation sites excluding steroid dienone is 1. The normalized spacial score (nSPS) is 11.7. The van der Waals surface area contributed by atoms with E-state index in [1.165, 1.54) is 12.1 Å². The second-order valence-electron chi connectivity index (χ2n) is 7.62. The Hall–Kier alpha value is -3.45. The number of benzene rings is 2. The smallest absolute Gasteiger partial charge is 0.243 e. The van der Waals surface area contributed by atoms with Crippen LogP contribution in [0, 0.1) is 12.7 Å². The molecule has 0 aliphatic carbocycles. The number of hydrogen-bond donors (Lipinski definition) is 0. The first-order valence-electron chi connectivity index (χ1n) is 10.6. The molecule has 33 heavy (non-hydrogen) atoms. The molecular formula is C25H24ClFN4O2. The Bertz CT molecular complexity index is 1250. The van der Waals surface area contributed by atoms with Crippen LogP contribution in [0.4, 0.5) is 4.39 Å². The highest BCUT2D eigenvalue weighted by atomic mass is 35.5. The van der Waals surface area contributed by atoms with Gasteiger partial charge in [-0.15, -0.1) is 21.8 Å². The standard InChI is InChI=1S/C25H24ClFN4O2/c1-17-15-31(16-28-17)22-10-7-19(13-23(22)32-2)12-20(4-3-11-26)25-30-29-24(33-25)14-18-5-8-21(27)9-6-18/h5-10,12-13,15-16H,3-4,11,14H2,1-2H3. The number of halogens is 2. The summed E-state index contributed by atoms with van der Waals surface area (Å²) in [5, 5.41) is 8.42. The van der Waals surface area contributed by atoms with E-state index >= 15 is 0 Å². The zero-order chi connectivity index (χ0) is 23.2. The number of rotatable bonds is 9. The minimum Gasteiger partial charge on any atom is -0.495 e. The molecule has 0 radical (unpaired) electrons. The Labute approximate surface area is 196 Å². The van der Waals surface area contributed by atoms with Crippen LogP contribution in [-0.2, 0) is 6.42 Å². The summed E-state index contributed by atoms with van der Waals surface area (Å²) >= 11 is 5.95. The van der Waals surface area contributed by atoms with Gasteiger partial charge in [-0.3, -0.25) is 0 Å². The van der Waals surface area contributed by atoms with E-state index in [2.05, 4.69) is 15.2 Å². The van der Waals surface area contributed by atoms with Gasteiger partial charge in [-0.1, -0.05) is 18.2 Å². The monoisotopic (exact) mass is 466 g/mol. The molecule has 0 spiro atoms. The van der Waals surface area contributed by atoms with Gasteiger partial charge in [0.15, 0.2) is 0 Å². The molecule has 8 heteroatoms. The summed E-state index contributed by atoms with van der Waals surface area (Å²) in [5.41, 5.74) is 4.55. The molecule has 0 unspecified atom stereocenters. The Kier molecular flexibility index (Phi) is 7.19. The van der Waals surface area contributed by atoms with Crippen molar-refractivity contribution < 1.29 is 13.5 Å². The third-order valence-corrected chi connectivity index (χ3v) is 5.39. The Morgan fingerprint density at radius 1 is 1.18 bits per heavy atom. The fourth-order valence-electron chi connectivity index (χ4n) is 3.48. The third kappa shape index (κ3) is 5.68. The largest absolute Gasteiger partial charge is 0.495 e. The molecule has 2 heterocycles. The molecule has 2 aromatic heterocycles. The van der Waals surface area contributed by atoms with Crippen LogP contribution in [0.5, 0.6) is 5.75 Å². The molecule has 2 aromatic carbocycles. The summed E-state index contributed by atoms with van der Waals surface area (Å²) in [5.74, 6) is 1.89. The van der Waals surface area contributed by atoms with Crippen molar-refractivity contribution >= 4 is 23.3 Å². The predicted molar refractivity (Wildman–Crippen MR) is 126 cm³/mol. The van der Waals surface area contributed by atoms with Gasteiger partial charge in [0.25, 0.3) is 0 Å². The molecule has 0 bridgehead atoms. The fraction of sp³-hybridized carbons (Fsp3) is 0.240. The number of methoxy groups -OCH3 is 1. The molecule has 0 atom stereocenters. The van der Waals surface area contributed by atoms with Crippen LogP contribution in [0.15, 0.2) is 59.4 Å². The second kappa shape index (κ2) is 10.4. The van der Waals surface area contributed by atoms with Gasteiger partial charge in [0, 0.05) is 17.6 Å². The van der Waals surface area contributed by atoms with Gasteiger partial charge in [0.1, 0.15) is 11.6 Å². The molecule has 4 rings (SSSR count). The lowest BCUT2D eigenvalue weighted by Gasteiger charge is -2.10. The molecule has 0 aliphatic rings. The Morgan fingerprint density at radius 3 is 2.70 bits per heavy atom. The first-order valence-corrected chi connectivity index (χ1v) is 11.1. The van der Waals surface area contributed by atoms with Crippen LogP contribution in [0.2, 0.25) is 0 Å². The minimum atomic E-state index is -0.277. The zero-order valence-electron chi connectivity index (χ0n) is 18.5. The lowest BCUT2D eigenvalue weighted by Crippen LogP contribution is -1.96. The first-order chi connectivity index (χ1) is 16.1. The van der Waals surface area contributed by atoms with E-state index in [0.717, 1.165) is 40.3 Å². The van der Waals surface area contributed by atoms with Gasteiger partial charge in [0.05, 0.1) is 31.2 Å². The molecule has 6 nitrogen and oxygen atoms in total. The van der Waals surface area contributed by atoms with Crippen LogP contribution in [-0.4, -0.2) is 32.7 Å². The van der Waals surface area contributed by atoms with Gasteiger partial charge in [-0.2, -0.15) is 0 Å². The van der Waals surface area contributed by atoms with Crippen LogP contribution < -0.4 is 4.74 Å². The molecule has 0 saturated heterocycles. The summed E-state index contributed by atoms with van der Waals surface area (Å²) in [6.07, 6.45) is 7.60. The lowest BCUT2D eigenvalue weighted by molar-refractivity contribution is 0.413.